The van der Waals surface area contributed by atoms with E-state index in [2.05, 4.69) is 166 Å². The zero-order valence-corrected chi connectivity index (χ0v) is 31.1. The average Bonchev–Trinajstić information content (AvgIpc) is 3.74. The molecular formula is C53H36N2O. The Morgan fingerprint density at radius 3 is 1.77 bits per heavy atom. The monoisotopic (exact) mass is 716 g/mol. The highest BCUT2D eigenvalue weighted by Gasteiger charge is 2.37. The predicted molar refractivity (Wildman–Crippen MR) is 232 cm³/mol. The molecule has 3 heteroatoms. The van der Waals surface area contributed by atoms with Gasteiger partial charge in [0.2, 0.25) is 0 Å². The standard InChI is InChI=1S/C53H36N2O/c1-53(2)45-17-10-16-43(51(45)44-29-38-13-6-7-14-39(38)30-46(44)53)48-32-47(54-52(55-48)37-11-4-3-5-12-37)36-25-23-34(24-26-36)33-19-21-35(22-20-33)40-27-28-42-41-15-8-9-18-49(41)56-50(42)31-40/h3-32H,1-2H3. The summed E-state index contributed by atoms with van der Waals surface area (Å²) < 4.78 is 6.17. The first-order valence-corrected chi connectivity index (χ1v) is 19.2. The first-order chi connectivity index (χ1) is 27.5. The average molecular weight is 717 g/mol. The molecule has 2 aromatic heterocycles. The minimum atomic E-state index is -0.140. The first kappa shape index (κ1) is 32.3. The summed E-state index contributed by atoms with van der Waals surface area (Å²) in [7, 11) is 0. The molecule has 0 N–H and O–H groups in total. The third-order valence-corrected chi connectivity index (χ3v) is 11.7. The predicted octanol–water partition coefficient (Wildman–Crippen LogP) is 14.2. The van der Waals surface area contributed by atoms with E-state index in [0.717, 1.165) is 72.3 Å². The molecule has 0 radical (unpaired) electrons. The van der Waals surface area contributed by atoms with Crippen molar-refractivity contribution in [2.45, 2.75) is 19.3 Å². The minimum absolute atomic E-state index is 0.140. The van der Waals surface area contributed by atoms with Gasteiger partial charge in [0.25, 0.3) is 0 Å². The summed E-state index contributed by atoms with van der Waals surface area (Å²) in [5.41, 5.74) is 16.5. The van der Waals surface area contributed by atoms with Crippen LogP contribution in [0.5, 0.6) is 0 Å². The second kappa shape index (κ2) is 12.5. The third kappa shape index (κ3) is 5.20. The summed E-state index contributed by atoms with van der Waals surface area (Å²) >= 11 is 0. The fourth-order valence-corrected chi connectivity index (χ4v) is 8.73. The van der Waals surface area contributed by atoms with Gasteiger partial charge in [-0.1, -0.05) is 159 Å². The Bertz CT molecular complexity index is 3140. The van der Waals surface area contributed by atoms with Crippen molar-refractivity contribution in [1.29, 1.82) is 0 Å². The second-order valence-corrected chi connectivity index (χ2v) is 15.4. The van der Waals surface area contributed by atoms with Gasteiger partial charge in [-0.2, -0.15) is 0 Å². The molecule has 56 heavy (non-hydrogen) atoms. The van der Waals surface area contributed by atoms with Crippen molar-refractivity contribution in [2.75, 3.05) is 0 Å². The van der Waals surface area contributed by atoms with Crippen LogP contribution in [0, 0.1) is 0 Å². The molecule has 0 aliphatic heterocycles. The molecule has 0 atom stereocenters. The number of furan rings is 1. The molecular weight excluding hydrogens is 681 g/mol. The van der Waals surface area contributed by atoms with Gasteiger partial charge in [-0.25, -0.2) is 9.97 Å². The molecule has 11 rings (SSSR count). The van der Waals surface area contributed by atoms with Crippen molar-refractivity contribution in [3.8, 4) is 67.3 Å². The van der Waals surface area contributed by atoms with Gasteiger partial charge in [0.05, 0.1) is 11.4 Å². The van der Waals surface area contributed by atoms with Crippen LogP contribution < -0.4 is 0 Å². The number of rotatable bonds is 5. The summed E-state index contributed by atoms with van der Waals surface area (Å²) in [6.45, 7) is 4.68. The molecule has 3 nitrogen and oxygen atoms in total. The Labute approximate surface area is 325 Å². The number of hydrogen-bond acceptors (Lipinski definition) is 3. The lowest BCUT2D eigenvalue weighted by molar-refractivity contribution is 0.661. The maximum Gasteiger partial charge on any atom is 0.160 e. The third-order valence-electron chi connectivity index (χ3n) is 11.7. The Hall–Kier alpha value is -7.10. The Balaban J connectivity index is 0.967. The van der Waals surface area contributed by atoms with Gasteiger partial charge in [-0.3, -0.25) is 0 Å². The topological polar surface area (TPSA) is 38.9 Å². The quantitative estimate of drug-likeness (QED) is 0.178. The van der Waals surface area contributed by atoms with Gasteiger partial charge in [0.15, 0.2) is 5.82 Å². The zero-order chi connectivity index (χ0) is 37.4. The Morgan fingerprint density at radius 2 is 1.00 bits per heavy atom. The molecule has 8 aromatic carbocycles. The van der Waals surface area contributed by atoms with E-state index < -0.39 is 0 Å². The Kier molecular flexibility index (Phi) is 7.20. The number of para-hydroxylation sites is 1. The van der Waals surface area contributed by atoms with Gasteiger partial charge in [-0.15, -0.1) is 0 Å². The highest BCUT2D eigenvalue weighted by atomic mass is 16.3. The minimum Gasteiger partial charge on any atom is -0.456 e. The van der Waals surface area contributed by atoms with E-state index in [9.17, 15) is 0 Å². The molecule has 1 aliphatic carbocycles. The van der Waals surface area contributed by atoms with E-state index in [1.54, 1.807) is 0 Å². The smallest absolute Gasteiger partial charge is 0.160 e. The highest BCUT2D eigenvalue weighted by molar-refractivity contribution is 6.06. The SMILES string of the molecule is CC1(C)c2cc3ccccc3cc2-c2c(-c3cc(-c4ccc(-c5ccc(-c6ccc7c(c6)oc6ccccc67)cc5)cc4)nc(-c4ccccc4)n3)cccc21. The van der Waals surface area contributed by atoms with Crippen LogP contribution in [0.1, 0.15) is 25.0 Å². The molecule has 0 amide bonds. The Morgan fingerprint density at radius 1 is 0.393 bits per heavy atom. The molecule has 0 fully saturated rings. The van der Waals surface area contributed by atoms with Crippen LogP contribution in [-0.2, 0) is 5.41 Å². The molecule has 0 unspecified atom stereocenters. The van der Waals surface area contributed by atoms with Crippen molar-refractivity contribution in [1.82, 2.24) is 9.97 Å². The van der Waals surface area contributed by atoms with Gasteiger partial charge in [0, 0.05) is 32.9 Å². The van der Waals surface area contributed by atoms with Crippen LogP contribution in [0.2, 0.25) is 0 Å². The second-order valence-electron chi connectivity index (χ2n) is 15.4. The van der Waals surface area contributed by atoms with Gasteiger partial charge in [-0.05, 0) is 91.7 Å². The molecule has 264 valence electrons. The molecule has 2 heterocycles. The summed E-state index contributed by atoms with van der Waals surface area (Å²) in [6.07, 6.45) is 0. The van der Waals surface area contributed by atoms with Crippen LogP contribution in [-0.4, -0.2) is 9.97 Å². The summed E-state index contributed by atoms with van der Waals surface area (Å²) in [5.74, 6) is 0.715. The van der Waals surface area contributed by atoms with Crippen molar-refractivity contribution < 1.29 is 4.42 Å². The molecule has 0 saturated heterocycles. The molecule has 0 saturated carbocycles. The van der Waals surface area contributed by atoms with Crippen LogP contribution in [0.25, 0.3) is 100.0 Å². The van der Waals surface area contributed by atoms with Crippen LogP contribution in [0.3, 0.4) is 0 Å². The first-order valence-electron chi connectivity index (χ1n) is 19.2. The number of hydrogen-bond donors (Lipinski definition) is 0. The van der Waals surface area contributed by atoms with Crippen LogP contribution >= 0.6 is 0 Å². The summed E-state index contributed by atoms with van der Waals surface area (Å²) in [4.78, 5) is 10.4. The molecule has 10 aromatic rings. The van der Waals surface area contributed by atoms with Crippen molar-refractivity contribution in [3.63, 3.8) is 0 Å². The van der Waals surface area contributed by atoms with Crippen molar-refractivity contribution in [3.05, 3.63) is 193 Å². The molecule has 1 aliphatic rings. The maximum atomic E-state index is 6.17. The lowest BCUT2D eigenvalue weighted by Gasteiger charge is -2.22. The zero-order valence-electron chi connectivity index (χ0n) is 31.1. The largest absolute Gasteiger partial charge is 0.456 e. The number of benzene rings is 8. The van der Waals surface area contributed by atoms with Crippen molar-refractivity contribution >= 4 is 32.7 Å². The lowest BCUT2D eigenvalue weighted by atomic mass is 9.81. The lowest BCUT2D eigenvalue weighted by Crippen LogP contribution is -2.14. The number of nitrogens with zero attached hydrogens (tertiary/aromatic N) is 2. The van der Waals surface area contributed by atoms with Gasteiger partial charge in [0.1, 0.15) is 11.2 Å². The number of aromatic nitrogens is 2. The summed E-state index contributed by atoms with van der Waals surface area (Å²) in [5, 5.41) is 4.81. The van der Waals surface area contributed by atoms with E-state index in [-0.39, 0.29) is 5.41 Å². The number of fused-ring (bicyclic) bond motifs is 7. The molecule has 0 spiro atoms. The van der Waals surface area contributed by atoms with E-state index in [1.165, 1.54) is 33.0 Å². The van der Waals surface area contributed by atoms with E-state index in [1.807, 2.05) is 30.3 Å². The van der Waals surface area contributed by atoms with Crippen LogP contribution in [0.15, 0.2) is 186 Å². The van der Waals surface area contributed by atoms with E-state index in [4.69, 9.17) is 14.4 Å². The maximum absolute atomic E-state index is 6.17. The van der Waals surface area contributed by atoms with Gasteiger partial charge < -0.3 is 4.42 Å². The highest BCUT2D eigenvalue weighted by Crippen LogP contribution is 2.53. The summed E-state index contributed by atoms with van der Waals surface area (Å²) in [6, 6.07) is 64.8. The fraction of sp³-hybridized carbons (Fsp3) is 0.0566. The van der Waals surface area contributed by atoms with Crippen LogP contribution in [0.4, 0.5) is 0 Å². The van der Waals surface area contributed by atoms with E-state index >= 15 is 0 Å². The van der Waals surface area contributed by atoms with E-state index in [0.29, 0.717) is 5.82 Å². The van der Waals surface area contributed by atoms with Crippen molar-refractivity contribution in [2.24, 2.45) is 0 Å². The van der Waals surface area contributed by atoms with Gasteiger partial charge >= 0.3 is 0 Å². The normalized spacial score (nSPS) is 13.0. The fourth-order valence-electron chi connectivity index (χ4n) is 8.73. The molecule has 0 bridgehead atoms.